The summed E-state index contributed by atoms with van der Waals surface area (Å²) in [5.74, 6) is -0.516. The Balaban J connectivity index is 3.90. The van der Waals surface area contributed by atoms with E-state index in [2.05, 4.69) is 18.9 Å². The second-order valence-corrected chi connectivity index (χ2v) is 3.40. The fourth-order valence-corrected chi connectivity index (χ4v) is 0.718. The Kier molecular flexibility index (Phi) is 5.91. The molecule has 0 amide bonds. The zero-order chi connectivity index (χ0) is 12.6. The number of hydrogen-bond acceptors (Lipinski definition) is 7. The van der Waals surface area contributed by atoms with Gasteiger partial charge in [0, 0.05) is 0 Å². The first kappa shape index (κ1) is 14.2. The molecule has 0 fully saturated rings. The first-order valence-corrected chi connectivity index (χ1v) is 4.31. The third-order valence-electron chi connectivity index (χ3n) is 1.58. The van der Waals surface area contributed by atoms with E-state index < -0.39 is 24.3 Å². The molecular formula is C9H13O7. The highest BCUT2D eigenvalue weighted by molar-refractivity contribution is 5.76. The van der Waals surface area contributed by atoms with Gasteiger partial charge >= 0.3 is 18.6 Å². The molecule has 0 aromatic heterocycles. The van der Waals surface area contributed by atoms with Gasteiger partial charge in [0.15, 0.2) is 0 Å². The van der Waals surface area contributed by atoms with E-state index in [1.54, 1.807) is 13.8 Å². The van der Waals surface area contributed by atoms with Gasteiger partial charge in [-0.25, -0.2) is 9.59 Å². The number of rotatable bonds is 6. The second-order valence-electron chi connectivity index (χ2n) is 3.40. The lowest BCUT2D eigenvalue weighted by molar-refractivity contribution is -0.153. The fourth-order valence-electron chi connectivity index (χ4n) is 0.718. The van der Waals surface area contributed by atoms with Crippen LogP contribution in [0.3, 0.4) is 0 Å². The summed E-state index contributed by atoms with van der Waals surface area (Å²) in [6.07, 6.45) is -1.05. The van der Waals surface area contributed by atoms with Gasteiger partial charge in [-0.1, -0.05) is 0 Å². The minimum absolute atomic E-state index is 0.205. The van der Waals surface area contributed by atoms with Crippen molar-refractivity contribution in [1.29, 1.82) is 0 Å². The molecule has 0 heterocycles. The molecule has 0 unspecified atom stereocenters. The normalized spacial score (nSPS) is 10.2. The Morgan fingerprint density at radius 1 is 1.25 bits per heavy atom. The monoisotopic (exact) mass is 233 g/mol. The van der Waals surface area contributed by atoms with Crippen LogP contribution in [0, 0.1) is 5.41 Å². The third kappa shape index (κ3) is 5.18. The molecule has 7 heteroatoms. The molecule has 0 spiro atoms. The Morgan fingerprint density at radius 3 is 2.38 bits per heavy atom. The average molecular weight is 233 g/mol. The first-order chi connectivity index (χ1) is 7.44. The molecule has 0 aliphatic heterocycles. The van der Waals surface area contributed by atoms with Gasteiger partial charge in [-0.15, -0.1) is 0 Å². The average Bonchev–Trinajstić information content (AvgIpc) is 2.25. The Bertz CT molecular complexity index is 259. The first-order valence-electron chi connectivity index (χ1n) is 4.31. The molecule has 0 atom stereocenters. The molecule has 0 rings (SSSR count). The molecular weight excluding hydrogens is 220 g/mol. The van der Waals surface area contributed by atoms with Crippen molar-refractivity contribution >= 4 is 18.6 Å². The van der Waals surface area contributed by atoms with E-state index >= 15 is 0 Å². The van der Waals surface area contributed by atoms with Crippen LogP contribution in [0.25, 0.3) is 0 Å². The van der Waals surface area contributed by atoms with Gasteiger partial charge in [-0.2, -0.15) is 0 Å². The lowest BCUT2D eigenvalue weighted by atomic mass is 9.95. The van der Waals surface area contributed by atoms with Gasteiger partial charge in [0.25, 0.3) is 0 Å². The minimum atomic E-state index is -1.05. The highest BCUT2D eigenvalue weighted by atomic mass is 16.8. The van der Waals surface area contributed by atoms with E-state index in [-0.39, 0.29) is 6.61 Å². The quantitative estimate of drug-likeness (QED) is 0.283. The minimum Gasteiger partial charge on any atom is -0.469 e. The van der Waals surface area contributed by atoms with E-state index in [0.717, 1.165) is 6.47 Å². The second kappa shape index (κ2) is 6.65. The van der Waals surface area contributed by atoms with Crippen LogP contribution in [-0.4, -0.2) is 39.1 Å². The van der Waals surface area contributed by atoms with Crippen LogP contribution in [0.4, 0.5) is 4.79 Å². The van der Waals surface area contributed by atoms with E-state index in [9.17, 15) is 14.4 Å². The van der Waals surface area contributed by atoms with Crippen LogP contribution in [0.2, 0.25) is 0 Å². The Labute approximate surface area is 92.6 Å². The molecule has 0 aliphatic rings. The van der Waals surface area contributed by atoms with Gasteiger partial charge in [-0.05, 0) is 13.8 Å². The van der Waals surface area contributed by atoms with Crippen molar-refractivity contribution in [2.24, 2.45) is 5.41 Å². The predicted octanol–water partition coefficient (Wildman–Crippen LogP) is 0.380. The molecule has 16 heavy (non-hydrogen) atoms. The standard InChI is InChI=1S/C9H13O7/c1-9(2,7(11)13-3)4-15-8(12)16-6-14-5-10/h4,6H2,1-3H3. The topological polar surface area (TPSA) is 88.1 Å². The van der Waals surface area contributed by atoms with Gasteiger partial charge in [0.1, 0.15) is 6.61 Å². The van der Waals surface area contributed by atoms with Crippen molar-refractivity contribution in [2.75, 3.05) is 20.5 Å². The van der Waals surface area contributed by atoms with Crippen molar-refractivity contribution in [3.8, 4) is 0 Å². The smallest absolute Gasteiger partial charge is 0.469 e. The Morgan fingerprint density at radius 2 is 1.88 bits per heavy atom. The summed E-state index contributed by atoms with van der Waals surface area (Å²) < 4.78 is 17.4. The van der Waals surface area contributed by atoms with E-state index in [1.165, 1.54) is 7.11 Å². The van der Waals surface area contributed by atoms with Crippen molar-refractivity contribution in [1.82, 2.24) is 0 Å². The van der Waals surface area contributed by atoms with Crippen LogP contribution < -0.4 is 0 Å². The summed E-state index contributed by atoms with van der Waals surface area (Å²) in [5, 5.41) is 0. The molecule has 0 aromatic rings. The fraction of sp³-hybridized carbons (Fsp3) is 0.667. The number of methoxy groups -OCH3 is 1. The summed E-state index contributed by atoms with van der Waals surface area (Å²) in [5.41, 5.74) is -0.967. The summed E-state index contributed by atoms with van der Waals surface area (Å²) in [4.78, 5) is 31.6. The molecule has 0 aromatic carbocycles. The summed E-state index contributed by atoms with van der Waals surface area (Å²) in [6, 6.07) is 0. The number of esters is 1. The van der Waals surface area contributed by atoms with E-state index in [0.29, 0.717) is 0 Å². The highest BCUT2D eigenvalue weighted by Gasteiger charge is 2.30. The Hall–Kier alpha value is -1.79. The molecule has 7 nitrogen and oxygen atoms in total. The van der Waals surface area contributed by atoms with Gasteiger partial charge in [0.05, 0.1) is 12.5 Å². The molecule has 0 bridgehead atoms. The molecule has 0 saturated carbocycles. The van der Waals surface area contributed by atoms with Crippen LogP contribution in [-0.2, 0) is 28.5 Å². The largest absolute Gasteiger partial charge is 0.511 e. The zero-order valence-electron chi connectivity index (χ0n) is 9.27. The molecule has 0 N–H and O–H groups in total. The van der Waals surface area contributed by atoms with Crippen molar-refractivity contribution in [2.45, 2.75) is 13.8 Å². The molecule has 0 saturated heterocycles. The predicted molar refractivity (Wildman–Crippen MR) is 49.9 cm³/mol. The van der Waals surface area contributed by atoms with Crippen LogP contribution in [0.5, 0.6) is 0 Å². The van der Waals surface area contributed by atoms with Crippen molar-refractivity contribution < 1.29 is 33.3 Å². The van der Waals surface area contributed by atoms with Crippen LogP contribution >= 0.6 is 0 Å². The number of carbonyl (C=O) groups excluding carboxylic acids is 3. The number of carbonyl (C=O) groups is 2. The summed E-state index contributed by atoms with van der Waals surface area (Å²) in [7, 11) is 1.23. The summed E-state index contributed by atoms with van der Waals surface area (Å²) >= 11 is 0. The maximum absolute atomic E-state index is 11.2. The lowest BCUT2D eigenvalue weighted by Gasteiger charge is -2.20. The van der Waals surface area contributed by atoms with E-state index in [4.69, 9.17) is 0 Å². The number of hydrogen-bond donors (Lipinski definition) is 0. The van der Waals surface area contributed by atoms with Crippen LogP contribution in [0.15, 0.2) is 0 Å². The van der Waals surface area contributed by atoms with E-state index in [1.807, 2.05) is 0 Å². The van der Waals surface area contributed by atoms with Crippen LogP contribution in [0.1, 0.15) is 13.8 Å². The van der Waals surface area contributed by atoms with Gasteiger partial charge in [0.2, 0.25) is 6.79 Å². The van der Waals surface area contributed by atoms with Crippen molar-refractivity contribution in [3.63, 3.8) is 0 Å². The maximum Gasteiger partial charge on any atom is 0.511 e. The molecule has 0 aliphatic carbocycles. The molecule has 1 radical (unpaired) electrons. The zero-order valence-corrected chi connectivity index (χ0v) is 9.27. The third-order valence-corrected chi connectivity index (χ3v) is 1.58. The van der Waals surface area contributed by atoms with Gasteiger partial charge in [-0.3, -0.25) is 4.79 Å². The number of ether oxygens (including phenoxy) is 4. The highest BCUT2D eigenvalue weighted by Crippen LogP contribution is 2.17. The lowest BCUT2D eigenvalue weighted by Crippen LogP contribution is -2.32. The summed E-state index contributed by atoms with van der Waals surface area (Å²) in [6.45, 7) is 3.37. The maximum atomic E-state index is 11.2. The molecule has 91 valence electrons. The van der Waals surface area contributed by atoms with Gasteiger partial charge < -0.3 is 18.9 Å². The SMILES string of the molecule is COC(=O)C(C)(C)COC(=O)OCO[C]=O. The van der Waals surface area contributed by atoms with Crippen molar-refractivity contribution in [3.05, 3.63) is 0 Å².